The molecule has 7 nitrogen and oxygen atoms in total. The Morgan fingerprint density at radius 2 is 1.94 bits per heavy atom. The Kier molecular flexibility index (Phi) is 6.01. The molecule has 4 rings (SSSR count). The zero-order chi connectivity index (χ0) is 22.0. The zero-order valence-electron chi connectivity index (χ0n) is 16.8. The predicted octanol–water partition coefficient (Wildman–Crippen LogP) is 4.15. The first kappa shape index (κ1) is 21.4. The van der Waals surface area contributed by atoms with E-state index in [-0.39, 0.29) is 34.6 Å². The number of halogens is 2. The summed E-state index contributed by atoms with van der Waals surface area (Å²) in [6.07, 6.45) is 2.06. The van der Waals surface area contributed by atoms with Crippen LogP contribution in [0.3, 0.4) is 0 Å². The number of ether oxygens (including phenoxy) is 1. The van der Waals surface area contributed by atoms with E-state index in [0.29, 0.717) is 25.1 Å². The third-order valence-electron chi connectivity index (χ3n) is 5.15. The van der Waals surface area contributed by atoms with Crippen molar-refractivity contribution < 1.29 is 26.5 Å². The minimum atomic E-state index is -3.87. The lowest BCUT2D eigenvalue weighted by atomic mass is 10.0. The van der Waals surface area contributed by atoms with E-state index in [9.17, 15) is 17.2 Å². The van der Waals surface area contributed by atoms with Gasteiger partial charge < -0.3 is 9.26 Å². The third kappa shape index (κ3) is 4.59. The number of piperidine rings is 1. The molecule has 0 saturated carbocycles. The molecule has 10 heteroatoms. The quantitative estimate of drug-likeness (QED) is 0.562. The monoisotopic (exact) mass is 449 g/mol. The lowest BCUT2D eigenvalue weighted by Crippen LogP contribution is -2.39. The van der Waals surface area contributed by atoms with E-state index in [1.165, 1.54) is 47.6 Å². The fraction of sp³-hybridized carbons (Fsp3) is 0.333. The smallest absolute Gasteiger partial charge is 0.264 e. The number of sulfonamides is 1. The van der Waals surface area contributed by atoms with Crippen LogP contribution in [0.2, 0.25) is 0 Å². The van der Waals surface area contributed by atoms with E-state index in [0.717, 1.165) is 12.5 Å². The Morgan fingerprint density at radius 3 is 2.68 bits per heavy atom. The zero-order valence-corrected chi connectivity index (χ0v) is 17.6. The summed E-state index contributed by atoms with van der Waals surface area (Å²) in [5.74, 6) is 0.0369. The van der Waals surface area contributed by atoms with E-state index >= 15 is 0 Å². The van der Waals surface area contributed by atoms with Crippen LogP contribution < -0.4 is 4.74 Å². The van der Waals surface area contributed by atoms with E-state index < -0.39 is 21.9 Å². The molecule has 0 aliphatic carbocycles. The van der Waals surface area contributed by atoms with Crippen molar-refractivity contribution in [3.63, 3.8) is 0 Å². The molecule has 0 amide bonds. The molecule has 0 bridgehead atoms. The number of aryl methyl sites for hydroxylation is 1. The molecule has 164 valence electrons. The maximum atomic E-state index is 13.6. The molecule has 0 spiro atoms. The van der Waals surface area contributed by atoms with Crippen molar-refractivity contribution >= 4 is 10.0 Å². The number of hydrogen-bond donors (Lipinski definition) is 0. The number of hydrogen-bond acceptors (Lipinski definition) is 6. The van der Waals surface area contributed by atoms with Gasteiger partial charge in [0.05, 0.1) is 10.9 Å². The first-order valence-corrected chi connectivity index (χ1v) is 11.3. The van der Waals surface area contributed by atoms with Crippen LogP contribution in [0.15, 0.2) is 51.9 Å². The molecule has 3 aromatic rings. The van der Waals surface area contributed by atoms with Crippen LogP contribution in [0.5, 0.6) is 5.75 Å². The van der Waals surface area contributed by atoms with Gasteiger partial charge in [-0.3, -0.25) is 0 Å². The number of nitrogens with zero attached hydrogens (tertiary/aromatic N) is 3. The summed E-state index contributed by atoms with van der Waals surface area (Å²) in [5, 5.41) is 3.96. The maximum Gasteiger partial charge on any atom is 0.264 e. The van der Waals surface area contributed by atoms with Crippen LogP contribution in [0.25, 0.3) is 0 Å². The van der Waals surface area contributed by atoms with Crippen LogP contribution in [-0.4, -0.2) is 29.4 Å². The standard InChI is InChI=1S/C21H21F2N3O4S/c1-14-12-17(9-10-18(14)23)31(27,28)26-11-3-2-4-19(26)21-24-20(30-25-21)13-29-16-7-5-15(22)6-8-16/h5-10,12,19H,2-4,11,13H2,1H3. The second-order valence-electron chi connectivity index (χ2n) is 7.33. The largest absolute Gasteiger partial charge is 0.484 e. The van der Waals surface area contributed by atoms with E-state index in [1.807, 2.05) is 0 Å². The molecule has 1 aromatic heterocycles. The van der Waals surface area contributed by atoms with Crippen LogP contribution in [0, 0.1) is 18.6 Å². The van der Waals surface area contributed by atoms with Gasteiger partial charge in [0.1, 0.15) is 17.4 Å². The van der Waals surface area contributed by atoms with E-state index in [4.69, 9.17) is 9.26 Å². The number of aromatic nitrogens is 2. The summed E-state index contributed by atoms with van der Waals surface area (Å²) in [4.78, 5) is 4.34. The molecule has 1 aliphatic rings. The van der Waals surface area contributed by atoms with Crippen molar-refractivity contribution in [1.82, 2.24) is 14.4 Å². The molecule has 0 radical (unpaired) electrons. The lowest BCUT2D eigenvalue weighted by Gasteiger charge is -2.32. The van der Waals surface area contributed by atoms with Crippen LogP contribution >= 0.6 is 0 Å². The van der Waals surface area contributed by atoms with Gasteiger partial charge in [0.2, 0.25) is 10.0 Å². The normalized spacial score (nSPS) is 17.6. The predicted molar refractivity (Wildman–Crippen MR) is 107 cm³/mol. The van der Waals surface area contributed by atoms with Crippen LogP contribution in [-0.2, 0) is 16.6 Å². The van der Waals surface area contributed by atoms with Gasteiger partial charge in [0.15, 0.2) is 12.4 Å². The minimum Gasteiger partial charge on any atom is -0.484 e. The molecule has 31 heavy (non-hydrogen) atoms. The molecule has 1 saturated heterocycles. The highest BCUT2D eigenvalue weighted by molar-refractivity contribution is 7.89. The van der Waals surface area contributed by atoms with Crippen LogP contribution in [0.1, 0.15) is 42.6 Å². The third-order valence-corrected chi connectivity index (χ3v) is 7.05. The molecule has 2 heterocycles. The Balaban J connectivity index is 1.53. The Labute approximate surface area is 178 Å². The molecular formula is C21H21F2N3O4S. The van der Waals surface area contributed by atoms with Gasteiger partial charge in [0.25, 0.3) is 5.89 Å². The Hall–Kier alpha value is -2.85. The summed E-state index contributed by atoms with van der Waals surface area (Å²) < 4.78 is 65.2. The summed E-state index contributed by atoms with van der Waals surface area (Å²) in [6, 6.07) is 8.66. The van der Waals surface area contributed by atoms with Gasteiger partial charge >= 0.3 is 0 Å². The highest BCUT2D eigenvalue weighted by atomic mass is 32.2. The molecule has 1 aliphatic heterocycles. The Morgan fingerprint density at radius 1 is 1.16 bits per heavy atom. The molecular weight excluding hydrogens is 428 g/mol. The first-order valence-electron chi connectivity index (χ1n) is 9.83. The highest BCUT2D eigenvalue weighted by Gasteiger charge is 2.37. The van der Waals surface area contributed by atoms with Gasteiger partial charge in [-0.25, -0.2) is 17.2 Å². The van der Waals surface area contributed by atoms with Crippen LogP contribution in [0.4, 0.5) is 8.78 Å². The summed E-state index contributed by atoms with van der Waals surface area (Å²) in [7, 11) is -3.87. The second-order valence-corrected chi connectivity index (χ2v) is 9.22. The van der Waals surface area contributed by atoms with Crippen molar-refractivity contribution in [2.75, 3.05) is 6.54 Å². The van der Waals surface area contributed by atoms with E-state index in [1.54, 1.807) is 0 Å². The molecule has 1 atom stereocenters. The minimum absolute atomic E-state index is 0.0293. The topological polar surface area (TPSA) is 85.5 Å². The van der Waals surface area contributed by atoms with Gasteiger partial charge in [-0.1, -0.05) is 11.6 Å². The lowest BCUT2D eigenvalue weighted by molar-refractivity contribution is 0.231. The second kappa shape index (κ2) is 8.72. The summed E-state index contributed by atoms with van der Waals surface area (Å²) >= 11 is 0. The Bertz CT molecular complexity index is 1170. The van der Waals surface area contributed by atoms with Gasteiger partial charge in [0, 0.05) is 6.54 Å². The fourth-order valence-electron chi connectivity index (χ4n) is 3.50. The maximum absolute atomic E-state index is 13.6. The summed E-state index contributed by atoms with van der Waals surface area (Å²) in [6.45, 7) is 1.79. The summed E-state index contributed by atoms with van der Waals surface area (Å²) in [5.41, 5.74) is 0.259. The van der Waals surface area contributed by atoms with Crippen molar-refractivity contribution in [2.24, 2.45) is 0 Å². The van der Waals surface area contributed by atoms with Crippen molar-refractivity contribution in [2.45, 2.75) is 43.7 Å². The molecule has 1 fully saturated rings. The highest BCUT2D eigenvalue weighted by Crippen LogP contribution is 2.34. The van der Waals surface area contributed by atoms with Gasteiger partial charge in [-0.2, -0.15) is 9.29 Å². The fourth-order valence-corrected chi connectivity index (χ4v) is 5.24. The SMILES string of the molecule is Cc1cc(S(=O)(=O)N2CCCCC2c2noc(COc3ccc(F)cc3)n2)ccc1F. The molecule has 2 aromatic carbocycles. The number of benzene rings is 2. The molecule has 0 N–H and O–H groups in total. The van der Waals surface area contributed by atoms with Gasteiger partial charge in [-0.05, 0) is 67.8 Å². The van der Waals surface area contributed by atoms with Gasteiger partial charge in [-0.15, -0.1) is 0 Å². The van der Waals surface area contributed by atoms with Crippen molar-refractivity contribution in [3.8, 4) is 5.75 Å². The first-order chi connectivity index (χ1) is 14.8. The van der Waals surface area contributed by atoms with Crippen molar-refractivity contribution in [3.05, 3.63) is 71.4 Å². The molecule has 1 unspecified atom stereocenters. The van der Waals surface area contributed by atoms with Crippen molar-refractivity contribution in [1.29, 1.82) is 0 Å². The van der Waals surface area contributed by atoms with E-state index in [2.05, 4.69) is 10.1 Å². The average Bonchev–Trinajstić information content (AvgIpc) is 3.24. The average molecular weight is 449 g/mol. The number of rotatable bonds is 6.